The minimum absolute atomic E-state index is 0. The van der Waals surface area contributed by atoms with Crippen LogP contribution in [0.15, 0.2) is 4.52 Å². The molecule has 0 aromatic carbocycles. The molecule has 0 saturated carbocycles. The molecule has 0 spiro atoms. The van der Waals surface area contributed by atoms with Crippen molar-refractivity contribution >= 4 is 18.3 Å². The second-order valence-corrected chi connectivity index (χ2v) is 3.75. The van der Waals surface area contributed by atoms with Crippen molar-refractivity contribution in [3.8, 4) is 0 Å². The molecule has 104 valence electrons. The standard InChI is InChI=1S/C11H19N3O3.ClH/c1-8-10(9(2)17-14-8)6-13-11(15)7-12-4-5-16-3;/h12H,4-7H2,1-3H3,(H,13,15);1H. The predicted octanol–water partition coefficient (Wildman–Crippen LogP) is 0.565. The van der Waals surface area contributed by atoms with Gasteiger partial charge in [0.15, 0.2) is 0 Å². The number of hydrogen-bond acceptors (Lipinski definition) is 5. The maximum absolute atomic E-state index is 11.5. The summed E-state index contributed by atoms with van der Waals surface area (Å²) in [7, 11) is 1.62. The fourth-order valence-electron chi connectivity index (χ4n) is 1.38. The fourth-order valence-corrected chi connectivity index (χ4v) is 1.38. The Morgan fingerprint density at radius 1 is 1.44 bits per heavy atom. The number of rotatable bonds is 7. The maximum Gasteiger partial charge on any atom is 0.234 e. The van der Waals surface area contributed by atoms with E-state index in [-0.39, 0.29) is 24.9 Å². The molecule has 0 aliphatic heterocycles. The highest BCUT2D eigenvalue weighted by Crippen LogP contribution is 2.11. The third kappa shape index (κ3) is 5.48. The lowest BCUT2D eigenvalue weighted by atomic mass is 10.2. The molecule has 0 aliphatic rings. The van der Waals surface area contributed by atoms with Crippen molar-refractivity contribution in [3.05, 3.63) is 17.0 Å². The minimum atomic E-state index is -0.0545. The lowest BCUT2D eigenvalue weighted by molar-refractivity contribution is -0.120. The Morgan fingerprint density at radius 3 is 2.72 bits per heavy atom. The van der Waals surface area contributed by atoms with Gasteiger partial charge in [-0.2, -0.15) is 0 Å². The summed E-state index contributed by atoms with van der Waals surface area (Å²) in [4.78, 5) is 11.5. The number of aryl methyl sites for hydroxylation is 2. The van der Waals surface area contributed by atoms with Crippen molar-refractivity contribution in [2.24, 2.45) is 0 Å². The van der Waals surface area contributed by atoms with Gasteiger partial charge in [0.1, 0.15) is 5.76 Å². The van der Waals surface area contributed by atoms with Crippen molar-refractivity contribution in [3.63, 3.8) is 0 Å². The number of nitrogens with one attached hydrogen (secondary N) is 2. The maximum atomic E-state index is 11.5. The number of halogens is 1. The molecule has 0 radical (unpaired) electrons. The van der Waals surface area contributed by atoms with Gasteiger partial charge in [0, 0.05) is 25.8 Å². The highest BCUT2D eigenvalue weighted by Gasteiger charge is 2.09. The summed E-state index contributed by atoms with van der Waals surface area (Å²) in [5, 5.41) is 9.59. The van der Waals surface area contributed by atoms with E-state index in [9.17, 15) is 4.79 Å². The molecule has 1 heterocycles. The minimum Gasteiger partial charge on any atom is -0.383 e. The van der Waals surface area contributed by atoms with Crippen molar-refractivity contribution in [1.82, 2.24) is 15.8 Å². The molecule has 0 saturated heterocycles. The molecule has 0 bridgehead atoms. The molecule has 1 aromatic rings. The third-order valence-electron chi connectivity index (χ3n) is 2.41. The lowest BCUT2D eigenvalue weighted by Crippen LogP contribution is -2.35. The predicted molar refractivity (Wildman–Crippen MR) is 69.8 cm³/mol. The third-order valence-corrected chi connectivity index (χ3v) is 2.41. The molecule has 1 rings (SSSR count). The average molecular weight is 278 g/mol. The molecule has 2 N–H and O–H groups in total. The van der Waals surface area contributed by atoms with Crippen LogP contribution in [0, 0.1) is 13.8 Å². The summed E-state index contributed by atoms with van der Waals surface area (Å²) in [5.41, 5.74) is 1.75. The van der Waals surface area contributed by atoms with Gasteiger partial charge in [0.2, 0.25) is 5.91 Å². The Bertz CT molecular complexity index is 349. The van der Waals surface area contributed by atoms with E-state index in [2.05, 4.69) is 15.8 Å². The van der Waals surface area contributed by atoms with E-state index in [0.717, 1.165) is 17.0 Å². The van der Waals surface area contributed by atoms with Crippen LogP contribution < -0.4 is 10.6 Å². The van der Waals surface area contributed by atoms with Gasteiger partial charge in [-0.3, -0.25) is 4.79 Å². The van der Waals surface area contributed by atoms with E-state index in [1.165, 1.54) is 0 Å². The van der Waals surface area contributed by atoms with Crippen LogP contribution >= 0.6 is 12.4 Å². The summed E-state index contributed by atoms with van der Waals surface area (Å²) < 4.78 is 9.87. The second kappa shape index (κ2) is 8.91. The molecular formula is C11H20ClN3O3. The van der Waals surface area contributed by atoms with Crippen LogP contribution in [0.5, 0.6) is 0 Å². The van der Waals surface area contributed by atoms with Crippen molar-refractivity contribution in [1.29, 1.82) is 0 Å². The number of nitrogens with zero attached hydrogens (tertiary/aromatic N) is 1. The number of carbonyl (C=O) groups is 1. The number of methoxy groups -OCH3 is 1. The number of amides is 1. The molecule has 1 aromatic heterocycles. The molecule has 0 unspecified atom stereocenters. The Hall–Kier alpha value is -1.11. The summed E-state index contributed by atoms with van der Waals surface area (Å²) in [6.07, 6.45) is 0. The zero-order chi connectivity index (χ0) is 12.7. The molecule has 18 heavy (non-hydrogen) atoms. The molecule has 0 atom stereocenters. The van der Waals surface area contributed by atoms with E-state index < -0.39 is 0 Å². The number of ether oxygens (including phenoxy) is 1. The zero-order valence-corrected chi connectivity index (χ0v) is 11.7. The first-order valence-electron chi connectivity index (χ1n) is 5.53. The van der Waals surface area contributed by atoms with Crippen LogP contribution in [0.1, 0.15) is 17.0 Å². The normalized spacial score (nSPS) is 9.94. The van der Waals surface area contributed by atoms with Gasteiger partial charge < -0.3 is 19.9 Å². The van der Waals surface area contributed by atoms with E-state index >= 15 is 0 Å². The van der Waals surface area contributed by atoms with E-state index in [0.29, 0.717) is 19.7 Å². The van der Waals surface area contributed by atoms with Crippen LogP contribution in [0.3, 0.4) is 0 Å². The summed E-state index contributed by atoms with van der Waals surface area (Å²) in [6.45, 7) is 5.68. The van der Waals surface area contributed by atoms with Crippen LogP contribution in [0.25, 0.3) is 0 Å². The fraction of sp³-hybridized carbons (Fsp3) is 0.636. The van der Waals surface area contributed by atoms with Crippen LogP contribution in [0.2, 0.25) is 0 Å². The first-order valence-corrected chi connectivity index (χ1v) is 5.53. The average Bonchev–Trinajstić information content (AvgIpc) is 2.62. The highest BCUT2D eigenvalue weighted by atomic mass is 35.5. The Kier molecular flexibility index (Phi) is 8.36. The van der Waals surface area contributed by atoms with Gasteiger partial charge in [0.25, 0.3) is 0 Å². The van der Waals surface area contributed by atoms with Gasteiger partial charge in [-0.25, -0.2) is 0 Å². The van der Waals surface area contributed by atoms with Crippen LogP contribution in [-0.4, -0.2) is 37.9 Å². The summed E-state index contributed by atoms with van der Waals surface area (Å²) in [5.74, 6) is 0.691. The van der Waals surface area contributed by atoms with Gasteiger partial charge in [0.05, 0.1) is 18.8 Å². The quantitative estimate of drug-likeness (QED) is 0.713. The molecule has 0 fully saturated rings. The first-order chi connectivity index (χ1) is 8.15. The summed E-state index contributed by atoms with van der Waals surface area (Å²) in [6, 6.07) is 0. The second-order valence-electron chi connectivity index (χ2n) is 3.75. The van der Waals surface area contributed by atoms with Crippen molar-refractivity contribution in [2.75, 3.05) is 26.8 Å². The zero-order valence-electron chi connectivity index (χ0n) is 10.9. The highest BCUT2D eigenvalue weighted by molar-refractivity contribution is 5.85. The first kappa shape index (κ1) is 16.9. The van der Waals surface area contributed by atoms with E-state index in [4.69, 9.17) is 9.26 Å². The lowest BCUT2D eigenvalue weighted by Gasteiger charge is -2.06. The Morgan fingerprint density at radius 2 is 2.17 bits per heavy atom. The van der Waals surface area contributed by atoms with Gasteiger partial charge in [-0.1, -0.05) is 5.16 Å². The SMILES string of the molecule is COCCNCC(=O)NCc1c(C)noc1C.Cl. The molecule has 1 amide bonds. The Balaban J connectivity index is 0.00000289. The molecule has 0 aliphatic carbocycles. The number of aromatic nitrogens is 1. The molecular weight excluding hydrogens is 258 g/mol. The van der Waals surface area contributed by atoms with Gasteiger partial charge in [-0.15, -0.1) is 12.4 Å². The smallest absolute Gasteiger partial charge is 0.234 e. The number of carbonyl (C=O) groups excluding carboxylic acids is 1. The van der Waals surface area contributed by atoms with Crippen LogP contribution in [-0.2, 0) is 16.1 Å². The van der Waals surface area contributed by atoms with E-state index in [1.54, 1.807) is 7.11 Å². The topological polar surface area (TPSA) is 76.4 Å². The van der Waals surface area contributed by atoms with Crippen molar-refractivity contribution < 1.29 is 14.1 Å². The molecule has 6 nitrogen and oxygen atoms in total. The number of hydrogen-bond donors (Lipinski definition) is 2. The monoisotopic (exact) mass is 277 g/mol. The molecule has 7 heteroatoms. The van der Waals surface area contributed by atoms with E-state index in [1.807, 2.05) is 13.8 Å². The van der Waals surface area contributed by atoms with Gasteiger partial charge >= 0.3 is 0 Å². The van der Waals surface area contributed by atoms with Crippen LogP contribution in [0.4, 0.5) is 0 Å². The Labute approximate surface area is 113 Å². The summed E-state index contributed by atoms with van der Waals surface area (Å²) >= 11 is 0. The largest absolute Gasteiger partial charge is 0.383 e. The van der Waals surface area contributed by atoms with Gasteiger partial charge in [-0.05, 0) is 13.8 Å². The van der Waals surface area contributed by atoms with Crippen molar-refractivity contribution in [2.45, 2.75) is 20.4 Å².